The Hall–Kier alpha value is -0.340. The summed E-state index contributed by atoms with van der Waals surface area (Å²) in [6, 6.07) is 4.31. The summed E-state index contributed by atoms with van der Waals surface area (Å²) in [4.78, 5) is 8.34. The molecule has 6 heteroatoms. The number of aliphatic imine (C=N–C) groups is 1. The van der Waals surface area contributed by atoms with Crippen molar-refractivity contribution in [3.05, 3.63) is 22.4 Å². The average molecular weight is 452 g/mol. The first-order chi connectivity index (χ1) is 10.2. The fourth-order valence-electron chi connectivity index (χ4n) is 1.81. The Morgan fingerprint density at radius 2 is 1.87 bits per heavy atom. The number of halogens is 1. The van der Waals surface area contributed by atoms with E-state index in [0.29, 0.717) is 0 Å². The van der Waals surface area contributed by atoms with Gasteiger partial charge in [0, 0.05) is 28.9 Å². The molecular formula is C17H33IN4S. The van der Waals surface area contributed by atoms with Crippen LogP contribution in [0.4, 0.5) is 0 Å². The van der Waals surface area contributed by atoms with Gasteiger partial charge in [-0.25, -0.2) is 0 Å². The molecule has 0 atom stereocenters. The second kappa shape index (κ2) is 9.84. The SMILES string of the molecule is CCNC(=NCC(C)(C)N(C)C)NCC(C)(C)c1cccs1.I. The molecule has 23 heavy (non-hydrogen) atoms. The highest BCUT2D eigenvalue weighted by Crippen LogP contribution is 2.26. The minimum Gasteiger partial charge on any atom is -0.357 e. The van der Waals surface area contributed by atoms with Gasteiger partial charge in [-0.15, -0.1) is 35.3 Å². The molecule has 1 heterocycles. The predicted octanol–water partition coefficient (Wildman–Crippen LogP) is 3.54. The van der Waals surface area contributed by atoms with E-state index in [1.165, 1.54) is 4.88 Å². The van der Waals surface area contributed by atoms with Gasteiger partial charge in [-0.2, -0.15) is 0 Å². The summed E-state index contributed by atoms with van der Waals surface area (Å²) in [7, 11) is 4.19. The molecule has 1 rings (SSSR count). The van der Waals surface area contributed by atoms with Crippen LogP contribution in [0.15, 0.2) is 22.5 Å². The van der Waals surface area contributed by atoms with Crippen molar-refractivity contribution in [3.8, 4) is 0 Å². The zero-order valence-corrected chi connectivity index (χ0v) is 18.7. The van der Waals surface area contributed by atoms with E-state index in [2.05, 4.69) is 81.8 Å². The van der Waals surface area contributed by atoms with Gasteiger partial charge in [0.1, 0.15) is 0 Å². The number of hydrogen-bond donors (Lipinski definition) is 2. The molecule has 0 radical (unpaired) electrons. The number of nitrogens with one attached hydrogen (secondary N) is 2. The number of hydrogen-bond acceptors (Lipinski definition) is 3. The van der Waals surface area contributed by atoms with Crippen LogP contribution >= 0.6 is 35.3 Å². The third-order valence-electron chi connectivity index (χ3n) is 4.06. The zero-order chi connectivity index (χ0) is 16.8. The summed E-state index contributed by atoms with van der Waals surface area (Å²) in [6.45, 7) is 13.5. The van der Waals surface area contributed by atoms with Crippen molar-refractivity contribution in [2.45, 2.75) is 45.6 Å². The predicted molar refractivity (Wildman–Crippen MR) is 115 cm³/mol. The van der Waals surface area contributed by atoms with Crippen molar-refractivity contribution in [1.29, 1.82) is 0 Å². The van der Waals surface area contributed by atoms with Crippen LogP contribution in [-0.4, -0.2) is 50.1 Å². The van der Waals surface area contributed by atoms with Gasteiger partial charge >= 0.3 is 0 Å². The Morgan fingerprint density at radius 1 is 1.22 bits per heavy atom. The first-order valence-electron chi connectivity index (χ1n) is 7.92. The highest BCUT2D eigenvalue weighted by molar-refractivity contribution is 14.0. The van der Waals surface area contributed by atoms with Crippen LogP contribution < -0.4 is 10.6 Å². The van der Waals surface area contributed by atoms with E-state index < -0.39 is 0 Å². The minimum atomic E-state index is 0. The second-order valence-electron chi connectivity index (χ2n) is 7.12. The second-order valence-corrected chi connectivity index (χ2v) is 8.06. The van der Waals surface area contributed by atoms with E-state index in [4.69, 9.17) is 4.99 Å². The molecule has 0 amide bonds. The standard InChI is InChI=1S/C17H32N4S.HI/c1-8-18-15(20-13-17(4,5)21(6)7)19-12-16(2,3)14-10-9-11-22-14;/h9-11H,8,12-13H2,1-7H3,(H2,18,19,20);1H. The number of thiophene rings is 1. The van der Waals surface area contributed by atoms with Gasteiger partial charge < -0.3 is 15.5 Å². The third kappa shape index (κ3) is 7.39. The molecule has 0 saturated heterocycles. The Bertz CT molecular complexity index is 467. The highest BCUT2D eigenvalue weighted by Gasteiger charge is 2.23. The number of likely N-dealkylation sites (N-methyl/N-ethyl adjacent to an activating group) is 1. The van der Waals surface area contributed by atoms with Crippen molar-refractivity contribution in [2.24, 2.45) is 4.99 Å². The molecule has 0 aliphatic heterocycles. The monoisotopic (exact) mass is 452 g/mol. The molecule has 0 fully saturated rings. The van der Waals surface area contributed by atoms with E-state index in [-0.39, 0.29) is 34.9 Å². The number of guanidine groups is 1. The fourth-order valence-corrected chi connectivity index (χ4v) is 2.66. The van der Waals surface area contributed by atoms with Gasteiger partial charge in [0.25, 0.3) is 0 Å². The molecule has 1 aromatic heterocycles. The summed E-state index contributed by atoms with van der Waals surface area (Å²) in [5, 5.41) is 8.96. The van der Waals surface area contributed by atoms with E-state index in [9.17, 15) is 0 Å². The van der Waals surface area contributed by atoms with Crippen LogP contribution in [0.3, 0.4) is 0 Å². The van der Waals surface area contributed by atoms with Crippen molar-refractivity contribution in [2.75, 3.05) is 33.7 Å². The average Bonchev–Trinajstić information content (AvgIpc) is 2.96. The van der Waals surface area contributed by atoms with Crippen molar-refractivity contribution >= 4 is 41.3 Å². The Morgan fingerprint density at radius 3 is 2.35 bits per heavy atom. The molecule has 134 valence electrons. The largest absolute Gasteiger partial charge is 0.357 e. The van der Waals surface area contributed by atoms with Crippen LogP contribution in [0.5, 0.6) is 0 Å². The molecular weight excluding hydrogens is 419 g/mol. The molecule has 0 aliphatic rings. The quantitative estimate of drug-likeness (QED) is 0.378. The molecule has 0 spiro atoms. The van der Waals surface area contributed by atoms with Crippen LogP contribution in [0, 0.1) is 0 Å². The first kappa shape index (κ1) is 22.7. The van der Waals surface area contributed by atoms with Crippen molar-refractivity contribution in [3.63, 3.8) is 0 Å². The topological polar surface area (TPSA) is 39.7 Å². The fraction of sp³-hybridized carbons (Fsp3) is 0.706. The summed E-state index contributed by atoms with van der Waals surface area (Å²) >= 11 is 1.81. The first-order valence-corrected chi connectivity index (χ1v) is 8.80. The van der Waals surface area contributed by atoms with E-state index in [0.717, 1.165) is 25.6 Å². The van der Waals surface area contributed by atoms with Gasteiger partial charge in [-0.1, -0.05) is 19.9 Å². The van der Waals surface area contributed by atoms with Gasteiger partial charge in [-0.3, -0.25) is 4.99 Å². The number of nitrogens with zero attached hydrogens (tertiary/aromatic N) is 2. The van der Waals surface area contributed by atoms with E-state index in [1.807, 2.05) is 11.3 Å². The Kier molecular flexibility index (Phi) is 9.69. The van der Waals surface area contributed by atoms with Gasteiger partial charge in [0.05, 0.1) is 6.54 Å². The maximum atomic E-state index is 4.75. The summed E-state index contributed by atoms with van der Waals surface area (Å²) in [5.74, 6) is 0.891. The lowest BCUT2D eigenvalue weighted by atomic mass is 9.91. The summed E-state index contributed by atoms with van der Waals surface area (Å²) in [5.41, 5.74) is 0.146. The summed E-state index contributed by atoms with van der Waals surface area (Å²) in [6.07, 6.45) is 0. The molecule has 0 aromatic carbocycles. The lowest BCUT2D eigenvalue weighted by molar-refractivity contribution is 0.204. The van der Waals surface area contributed by atoms with E-state index >= 15 is 0 Å². The summed E-state index contributed by atoms with van der Waals surface area (Å²) < 4.78 is 0. The van der Waals surface area contributed by atoms with Crippen LogP contribution in [0.2, 0.25) is 0 Å². The minimum absolute atomic E-state index is 0. The third-order valence-corrected chi connectivity index (χ3v) is 5.30. The maximum absolute atomic E-state index is 4.75. The molecule has 0 saturated carbocycles. The Balaban J connectivity index is 0.00000484. The lowest BCUT2D eigenvalue weighted by Gasteiger charge is -2.31. The number of rotatable bonds is 7. The molecule has 0 aliphatic carbocycles. The Labute approximate surface area is 163 Å². The molecule has 4 nitrogen and oxygen atoms in total. The van der Waals surface area contributed by atoms with Crippen LogP contribution in [0.25, 0.3) is 0 Å². The van der Waals surface area contributed by atoms with Crippen molar-refractivity contribution in [1.82, 2.24) is 15.5 Å². The highest BCUT2D eigenvalue weighted by atomic mass is 127. The van der Waals surface area contributed by atoms with Gasteiger partial charge in [-0.05, 0) is 46.3 Å². The zero-order valence-electron chi connectivity index (χ0n) is 15.6. The van der Waals surface area contributed by atoms with Gasteiger partial charge in [0.15, 0.2) is 5.96 Å². The van der Waals surface area contributed by atoms with Crippen LogP contribution in [-0.2, 0) is 5.41 Å². The van der Waals surface area contributed by atoms with Crippen LogP contribution in [0.1, 0.15) is 39.5 Å². The lowest BCUT2D eigenvalue weighted by Crippen LogP contribution is -2.46. The van der Waals surface area contributed by atoms with E-state index in [1.54, 1.807) is 0 Å². The normalized spacial score (nSPS) is 13.0. The molecule has 0 bridgehead atoms. The van der Waals surface area contributed by atoms with Gasteiger partial charge in [0.2, 0.25) is 0 Å². The maximum Gasteiger partial charge on any atom is 0.191 e. The van der Waals surface area contributed by atoms with Crippen molar-refractivity contribution < 1.29 is 0 Å². The smallest absolute Gasteiger partial charge is 0.191 e. The molecule has 1 aromatic rings. The molecule has 2 N–H and O–H groups in total. The molecule has 0 unspecified atom stereocenters.